The zero-order valence-electron chi connectivity index (χ0n) is 18.5. The van der Waals surface area contributed by atoms with Crippen LogP contribution in [0.4, 0.5) is 11.6 Å². The lowest BCUT2D eigenvalue weighted by Crippen LogP contribution is -2.22. The molecule has 2 aromatic heterocycles. The topological polar surface area (TPSA) is 64.9 Å². The Morgan fingerprint density at radius 2 is 1.94 bits per heavy atom. The highest BCUT2D eigenvalue weighted by Crippen LogP contribution is 2.42. The van der Waals surface area contributed by atoms with Gasteiger partial charge in [0, 0.05) is 30.1 Å². The average Bonchev–Trinajstić information content (AvgIpc) is 3.25. The minimum atomic E-state index is 0.592. The number of anilines is 2. The third kappa shape index (κ3) is 4.16. The summed E-state index contributed by atoms with van der Waals surface area (Å²) in [4.78, 5) is 14.0. The van der Waals surface area contributed by atoms with Crippen molar-refractivity contribution >= 4 is 11.6 Å². The lowest BCUT2D eigenvalue weighted by atomic mass is 9.73. The molecule has 3 aromatic rings. The average molecular weight is 418 g/mol. The summed E-state index contributed by atoms with van der Waals surface area (Å²) >= 11 is 0. The molecule has 1 atom stereocenters. The van der Waals surface area contributed by atoms with Crippen molar-refractivity contribution in [3.05, 3.63) is 53.9 Å². The smallest absolute Gasteiger partial charge is 0.227 e. The van der Waals surface area contributed by atoms with Crippen molar-refractivity contribution in [3.63, 3.8) is 0 Å². The molecule has 162 valence electrons. The summed E-state index contributed by atoms with van der Waals surface area (Å²) in [7, 11) is 1.69. The lowest BCUT2D eigenvalue weighted by Gasteiger charge is -2.33. The number of ether oxygens (including phenoxy) is 1. The van der Waals surface area contributed by atoms with E-state index in [1.54, 1.807) is 13.4 Å². The van der Waals surface area contributed by atoms with E-state index >= 15 is 0 Å². The highest BCUT2D eigenvalue weighted by Gasteiger charge is 2.30. The predicted octanol–water partition coefficient (Wildman–Crippen LogP) is 5.72. The molecular formula is C25H31N5O. The maximum Gasteiger partial charge on any atom is 0.227 e. The van der Waals surface area contributed by atoms with Crippen LogP contribution in [0.15, 0.2) is 36.9 Å². The number of hydrogen-bond donors (Lipinski definition) is 1. The molecule has 1 aromatic carbocycles. The van der Waals surface area contributed by atoms with E-state index in [9.17, 15) is 0 Å². The minimum Gasteiger partial charge on any atom is -0.494 e. The molecule has 0 amide bonds. The van der Waals surface area contributed by atoms with Crippen molar-refractivity contribution in [1.29, 1.82) is 0 Å². The van der Waals surface area contributed by atoms with Crippen LogP contribution in [0.2, 0.25) is 0 Å². The van der Waals surface area contributed by atoms with Gasteiger partial charge in [0.1, 0.15) is 5.75 Å². The van der Waals surface area contributed by atoms with E-state index in [0.29, 0.717) is 11.9 Å². The van der Waals surface area contributed by atoms with E-state index in [4.69, 9.17) is 9.72 Å². The number of fused-ring (bicyclic) bond motifs is 1. The quantitative estimate of drug-likeness (QED) is 0.575. The Labute approximate surface area is 184 Å². The molecule has 0 saturated heterocycles. The first-order valence-corrected chi connectivity index (χ1v) is 11.5. The Morgan fingerprint density at radius 3 is 2.71 bits per heavy atom. The van der Waals surface area contributed by atoms with Gasteiger partial charge in [-0.1, -0.05) is 19.3 Å². The van der Waals surface area contributed by atoms with Gasteiger partial charge in [-0.05, 0) is 62.6 Å². The fourth-order valence-corrected chi connectivity index (χ4v) is 5.29. The molecule has 2 aliphatic carbocycles. The standard InChI is InChI=1S/C25H31N5O/c1-17-15-30(16-27-17)22-12-11-20(13-23(22)31-2)28-25-26-14-19-9-6-10-21(24(19)29-25)18-7-4-3-5-8-18/h11-16,18,21H,3-10H2,1-2H3,(H,26,28,29). The Kier molecular flexibility index (Phi) is 5.62. The van der Waals surface area contributed by atoms with Crippen molar-refractivity contribution in [2.24, 2.45) is 5.92 Å². The molecule has 1 fully saturated rings. The van der Waals surface area contributed by atoms with Crippen LogP contribution in [-0.2, 0) is 6.42 Å². The lowest BCUT2D eigenvalue weighted by molar-refractivity contribution is 0.279. The van der Waals surface area contributed by atoms with E-state index in [1.165, 1.54) is 56.2 Å². The number of rotatable bonds is 5. The van der Waals surface area contributed by atoms with Gasteiger partial charge in [-0.3, -0.25) is 0 Å². The first-order valence-electron chi connectivity index (χ1n) is 11.5. The van der Waals surface area contributed by atoms with E-state index in [2.05, 4.69) is 15.3 Å². The first-order chi connectivity index (χ1) is 15.2. The second-order valence-electron chi connectivity index (χ2n) is 8.93. The number of nitrogens with one attached hydrogen (secondary N) is 1. The van der Waals surface area contributed by atoms with Gasteiger partial charge in [-0.25, -0.2) is 15.0 Å². The van der Waals surface area contributed by atoms with E-state index in [-0.39, 0.29) is 0 Å². The number of methoxy groups -OCH3 is 1. The Bertz CT molecular complexity index is 1050. The van der Waals surface area contributed by atoms with Gasteiger partial charge in [0.2, 0.25) is 5.95 Å². The molecule has 6 heteroatoms. The molecule has 0 aliphatic heterocycles. The van der Waals surface area contributed by atoms with Gasteiger partial charge in [0.25, 0.3) is 0 Å². The van der Waals surface area contributed by atoms with Crippen LogP contribution in [0.3, 0.4) is 0 Å². The maximum atomic E-state index is 5.64. The van der Waals surface area contributed by atoms with Crippen molar-refractivity contribution in [2.75, 3.05) is 12.4 Å². The van der Waals surface area contributed by atoms with Gasteiger partial charge in [-0.15, -0.1) is 0 Å². The predicted molar refractivity (Wildman–Crippen MR) is 122 cm³/mol. The SMILES string of the molecule is COc1cc(Nc2ncc3c(n2)C(C2CCCCC2)CCC3)ccc1-n1cnc(C)c1. The zero-order valence-corrected chi connectivity index (χ0v) is 18.5. The molecule has 6 nitrogen and oxygen atoms in total. The Balaban J connectivity index is 1.40. The Morgan fingerprint density at radius 1 is 1.06 bits per heavy atom. The molecular weight excluding hydrogens is 386 g/mol. The van der Waals surface area contributed by atoms with E-state index in [0.717, 1.165) is 35.2 Å². The highest BCUT2D eigenvalue weighted by molar-refractivity contribution is 5.62. The number of imidazole rings is 1. The summed E-state index contributed by atoms with van der Waals surface area (Å²) < 4.78 is 7.62. The van der Waals surface area contributed by atoms with Gasteiger partial charge < -0.3 is 14.6 Å². The Hall–Kier alpha value is -2.89. The van der Waals surface area contributed by atoms with Gasteiger partial charge >= 0.3 is 0 Å². The van der Waals surface area contributed by atoms with E-state index in [1.807, 2.05) is 42.1 Å². The molecule has 2 heterocycles. The fourth-order valence-electron chi connectivity index (χ4n) is 5.29. The van der Waals surface area contributed by atoms with Crippen LogP contribution < -0.4 is 10.1 Å². The zero-order chi connectivity index (χ0) is 21.2. The number of aryl methyl sites for hydroxylation is 2. The highest BCUT2D eigenvalue weighted by atomic mass is 16.5. The third-order valence-electron chi connectivity index (χ3n) is 6.86. The molecule has 1 saturated carbocycles. The molecule has 1 N–H and O–H groups in total. The first kappa shape index (κ1) is 20.0. The second-order valence-corrected chi connectivity index (χ2v) is 8.93. The second kappa shape index (κ2) is 8.69. The van der Waals surface area contributed by atoms with Crippen LogP contribution in [0.5, 0.6) is 5.75 Å². The molecule has 5 rings (SSSR count). The summed E-state index contributed by atoms with van der Waals surface area (Å²) in [6, 6.07) is 6.06. The maximum absolute atomic E-state index is 5.64. The van der Waals surface area contributed by atoms with Crippen molar-refractivity contribution in [1.82, 2.24) is 19.5 Å². The number of hydrogen-bond acceptors (Lipinski definition) is 5. The molecule has 31 heavy (non-hydrogen) atoms. The number of nitrogens with zero attached hydrogens (tertiary/aromatic N) is 4. The number of aromatic nitrogens is 4. The normalized spacial score (nSPS) is 19.1. The monoisotopic (exact) mass is 417 g/mol. The van der Waals surface area contributed by atoms with Crippen molar-refractivity contribution in [2.45, 2.75) is 64.2 Å². The van der Waals surface area contributed by atoms with Crippen LogP contribution in [0.25, 0.3) is 5.69 Å². The fraction of sp³-hybridized carbons (Fsp3) is 0.480. The van der Waals surface area contributed by atoms with Crippen molar-refractivity contribution < 1.29 is 4.74 Å². The summed E-state index contributed by atoms with van der Waals surface area (Å²) in [5.74, 6) is 2.83. The summed E-state index contributed by atoms with van der Waals surface area (Å²) in [6.07, 6.45) is 16.3. The molecule has 1 unspecified atom stereocenters. The molecule has 0 bridgehead atoms. The van der Waals surface area contributed by atoms with Crippen molar-refractivity contribution in [3.8, 4) is 11.4 Å². The van der Waals surface area contributed by atoms with Crippen LogP contribution in [-0.4, -0.2) is 26.6 Å². The minimum absolute atomic E-state index is 0.592. The number of benzene rings is 1. The van der Waals surface area contributed by atoms with Gasteiger partial charge in [0.05, 0.1) is 30.5 Å². The van der Waals surface area contributed by atoms with E-state index < -0.39 is 0 Å². The van der Waals surface area contributed by atoms with Crippen LogP contribution in [0.1, 0.15) is 67.8 Å². The van der Waals surface area contributed by atoms with Gasteiger partial charge in [-0.2, -0.15) is 0 Å². The third-order valence-corrected chi connectivity index (χ3v) is 6.86. The summed E-state index contributed by atoms with van der Waals surface area (Å²) in [6.45, 7) is 1.98. The largest absolute Gasteiger partial charge is 0.494 e. The molecule has 0 spiro atoms. The van der Waals surface area contributed by atoms with Crippen LogP contribution in [0, 0.1) is 12.8 Å². The van der Waals surface area contributed by atoms with Gasteiger partial charge in [0.15, 0.2) is 0 Å². The summed E-state index contributed by atoms with van der Waals surface area (Å²) in [5, 5.41) is 3.41. The molecule has 2 aliphatic rings. The molecule has 0 radical (unpaired) electrons. The van der Waals surface area contributed by atoms with Crippen LogP contribution >= 0.6 is 0 Å². The summed E-state index contributed by atoms with van der Waals surface area (Å²) in [5.41, 5.74) is 5.47.